The number of aryl methyl sites for hydroxylation is 1. The summed E-state index contributed by atoms with van der Waals surface area (Å²) in [4.78, 5) is 13.5. The molecule has 16 heavy (non-hydrogen) atoms. The van der Waals surface area contributed by atoms with Crippen LogP contribution in [0.2, 0.25) is 0 Å². The van der Waals surface area contributed by atoms with Crippen LogP contribution in [0.25, 0.3) is 0 Å². The molecule has 1 amide bonds. The molecule has 1 aliphatic heterocycles. The number of aromatic nitrogens is 1. The van der Waals surface area contributed by atoms with Crippen molar-refractivity contribution in [2.24, 2.45) is 7.05 Å². The summed E-state index contributed by atoms with van der Waals surface area (Å²) in [6.45, 7) is 2.81. The summed E-state index contributed by atoms with van der Waals surface area (Å²) in [6, 6.07) is 4.10. The molecule has 1 saturated heterocycles. The van der Waals surface area contributed by atoms with E-state index in [1.165, 1.54) is 5.56 Å². The highest BCUT2D eigenvalue weighted by Gasteiger charge is 2.32. The van der Waals surface area contributed by atoms with E-state index < -0.39 is 0 Å². The van der Waals surface area contributed by atoms with Crippen molar-refractivity contribution in [1.82, 2.24) is 4.90 Å². The first-order valence-corrected chi connectivity index (χ1v) is 6.13. The van der Waals surface area contributed by atoms with Crippen molar-refractivity contribution in [1.29, 1.82) is 0 Å². The van der Waals surface area contributed by atoms with Crippen molar-refractivity contribution in [3.05, 3.63) is 30.1 Å². The molecule has 3 nitrogen and oxygen atoms in total. The Bertz CT molecular complexity index is 386. The number of pyridine rings is 1. The van der Waals surface area contributed by atoms with Crippen LogP contribution in [0.1, 0.15) is 17.9 Å². The van der Waals surface area contributed by atoms with Gasteiger partial charge in [0.1, 0.15) is 12.4 Å². The number of carbonyl (C=O) groups excluding carboxylic acids is 1. The zero-order valence-electron chi connectivity index (χ0n) is 9.39. The summed E-state index contributed by atoms with van der Waals surface area (Å²) < 4.78 is 2.02. The number of amides is 1. The first-order valence-electron chi connectivity index (χ1n) is 5.08. The summed E-state index contributed by atoms with van der Waals surface area (Å²) in [5.41, 5.74) is 1.21. The highest BCUT2D eigenvalue weighted by Crippen LogP contribution is 2.37. The van der Waals surface area contributed by atoms with Crippen LogP contribution in [-0.2, 0) is 11.8 Å². The Morgan fingerprint density at radius 3 is 3.00 bits per heavy atom. The van der Waals surface area contributed by atoms with Gasteiger partial charge in [0.25, 0.3) is 0 Å². The molecule has 2 rings (SSSR count). The Morgan fingerprint density at radius 1 is 1.62 bits per heavy atom. The fourth-order valence-corrected chi connectivity index (χ4v) is 3.07. The lowest BCUT2D eigenvalue weighted by Crippen LogP contribution is -3.00. The van der Waals surface area contributed by atoms with Crippen molar-refractivity contribution >= 4 is 17.7 Å². The van der Waals surface area contributed by atoms with Crippen LogP contribution in [0.5, 0.6) is 0 Å². The molecule has 88 valence electrons. The van der Waals surface area contributed by atoms with Gasteiger partial charge in [-0.15, -0.1) is 11.8 Å². The average molecular weight is 350 g/mol. The maximum Gasteiger partial charge on any atom is 0.233 e. The van der Waals surface area contributed by atoms with Gasteiger partial charge in [-0.05, 0) is 13.0 Å². The number of hydrogen-bond acceptors (Lipinski definition) is 2. The summed E-state index contributed by atoms with van der Waals surface area (Å²) >= 11 is 1.71. The minimum absolute atomic E-state index is 0. The van der Waals surface area contributed by atoms with Gasteiger partial charge in [0, 0.05) is 18.2 Å². The largest absolute Gasteiger partial charge is 1.00 e. The Morgan fingerprint density at radius 2 is 2.38 bits per heavy atom. The van der Waals surface area contributed by atoms with Crippen LogP contribution in [0.3, 0.4) is 0 Å². The van der Waals surface area contributed by atoms with E-state index in [-0.39, 0.29) is 35.3 Å². The predicted molar refractivity (Wildman–Crippen MR) is 60.2 cm³/mol. The molecule has 1 atom stereocenters. The molecule has 0 N–H and O–H groups in total. The Hall–Kier alpha value is -0.300. The third-order valence-corrected chi connectivity index (χ3v) is 3.81. The number of hydrogen-bond donors (Lipinski definition) is 0. The van der Waals surface area contributed by atoms with E-state index in [0.717, 1.165) is 6.54 Å². The molecular weight excluding hydrogens is 335 g/mol. The lowest BCUT2D eigenvalue weighted by molar-refractivity contribution is -0.672. The monoisotopic (exact) mass is 350 g/mol. The lowest BCUT2D eigenvalue weighted by atomic mass is 10.2. The molecule has 1 aromatic rings. The van der Waals surface area contributed by atoms with Gasteiger partial charge in [-0.3, -0.25) is 4.79 Å². The van der Waals surface area contributed by atoms with Crippen LogP contribution < -0.4 is 28.5 Å². The lowest BCUT2D eigenvalue weighted by Gasteiger charge is -2.21. The maximum absolute atomic E-state index is 11.6. The van der Waals surface area contributed by atoms with E-state index >= 15 is 0 Å². The van der Waals surface area contributed by atoms with Gasteiger partial charge < -0.3 is 28.9 Å². The first kappa shape index (κ1) is 13.8. The summed E-state index contributed by atoms with van der Waals surface area (Å²) in [6.07, 6.45) is 4.08. The molecule has 0 aliphatic carbocycles. The molecule has 0 spiro atoms. The van der Waals surface area contributed by atoms with Crippen molar-refractivity contribution in [3.63, 3.8) is 0 Å². The second-order valence-corrected chi connectivity index (χ2v) is 4.71. The van der Waals surface area contributed by atoms with Crippen molar-refractivity contribution in [2.75, 3.05) is 12.3 Å². The van der Waals surface area contributed by atoms with E-state index in [0.29, 0.717) is 5.75 Å². The molecule has 0 radical (unpaired) electrons. The van der Waals surface area contributed by atoms with E-state index in [2.05, 4.69) is 12.3 Å². The van der Waals surface area contributed by atoms with E-state index in [4.69, 9.17) is 0 Å². The molecule has 0 bridgehead atoms. The van der Waals surface area contributed by atoms with Crippen LogP contribution in [-0.4, -0.2) is 23.1 Å². The van der Waals surface area contributed by atoms with Gasteiger partial charge in [-0.1, -0.05) is 0 Å². The second-order valence-electron chi connectivity index (χ2n) is 3.65. The molecule has 1 fully saturated rings. The summed E-state index contributed by atoms with van der Waals surface area (Å²) in [7, 11) is 2.00. The van der Waals surface area contributed by atoms with Gasteiger partial charge in [0.15, 0.2) is 12.4 Å². The number of carbonyl (C=O) groups is 1. The quantitative estimate of drug-likeness (QED) is 0.460. The summed E-state index contributed by atoms with van der Waals surface area (Å²) in [5, 5.41) is 0.204. The number of halogens is 1. The van der Waals surface area contributed by atoms with E-state index in [9.17, 15) is 4.79 Å². The predicted octanol–water partition coefficient (Wildman–Crippen LogP) is -1.89. The van der Waals surface area contributed by atoms with Gasteiger partial charge in [0.2, 0.25) is 5.91 Å². The molecule has 2 heterocycles. The molecule has 5 heteroatoms. The second kappa shape index (κ2) is 5.86. The molecule has 1 aromatic heterocycles. The molecule has 1 aliphatic rings. The van der Waals surface area contributed by atoms with Gasteiger partial charge in [-0.2, -0.15) is 0 Å². The third-order valence-electron chi connectivity index (χ3n) is 2.56. The molecular formula is C11H15IN2OS. The normalized spacial score (nSPS) is 19.8. The molecule has 1 unspecified atom stereocenters. The fraction of sp³-hybridized carbons (Fsp3) is 0.455. The van der Waals surface area contributed by atoms with Crippen LogP contribution in [0, 0.1) is 0 Å². The summed E-state index contributed by atoms with van der Waals surface area (Å²) in [5.74, 6) is 0.857. The smallest absolute Gasteiger partial charge is 0.233 e. The van der Waals surface area contributed by atoms with Gasteiger partial charge >= 0.3 is 0 Å². The van der Waals surface area contributed by atoms with Gasteiger partial charge in [-0.25, -0.2) is 4.57 Å². The van der Waals surface area contributed by atoms with Crippen molar-refractivity contribution < 1.29 is 33.3 Å². The average Bonchev–Trinajstić information content (AvgIpc) is 2.59. The van der Waals surface area contributed by atoms with Crippen molar-refractivity contribution in [3.8, 4) is 0 Å². The number of thioether (sulfide) groups is 1. The molecule has 0 saturated carbocycles. The third kappa shape index (κ3) is 2.68. The zero-order chi connectivity index (χ0) is 10.8. The standard InChI is InChI=1S/C11H15N2OS.HI/c1-3-13-10(14)8-15-11(13)9-5-4-6-12(2)7-9;/h4-7,11H,3,8H2,1-2H3;1H/q+1;/p-1. The SMILES string of the molecule is CCN1C(=O)CSC1c1ccc[n+](C)c1.[I-]. The van der Waals surface area contributed by atoms with E-state index in [1.807, 2.05) is 35.7 Å². The molecule has 0 aromatic carbocycles. The Balaban J connectivity index is 0.00000128. The minimum atomic E-state index is 0. The number of nitrogens with zero attached hydrogens (tertiary/aromatic N) is 2. The zero-order valence-corrected chi connectivity index (χ0v) is 12.4. The topological polar surface area (TPSA) is 24.2 Å². The first-order chi connectivity index (χ1) is 7.22. The highest BCUT2D eigenvalue weighted by atomic mass is 127. The van der Waals surface area contributed by atoms with Crippen LogP contribution >= 0.6 is 11.8 Å². The number of rotatable bonds is 2. The Kier molecular flexibility index (Phi) is 5.04. The minimum Gasteiger partial charge on any atom is -1.00 e. The Labute approximate surface area is 117 Å². The van der Waals surface area contributed by atoms with E-state index in [1.54, 1.807) is 11.8 Å². The van der Waals surface area contributed by atoms with Crippen molar-refractivity contribution in [2.45, 2.75) is 12.3 Å². The van der Waals surface area contributed by atoms with Crippen LogP contribution in [0.15, 0.2) is 24.5 Å². The van der Waals surface area contributed by atoms with Gasteiger partial charge in [0.05, 0.1) is 5.75 Å². The maximum atomic E-state index is 11.6. The highest BCUT2D eigenvalue weighted by molar-refractivity contribution is 8.00. The van der Waals surface area contributed by atoms with Crippen LogP contribution in [0.4, 0.5) is 0 Å². The fourth-order valence-electron chi connectivity index (χ4n) is 1.83.